The topological polar surface area (TPSA) is 87.0 Å². The van der Waals surface area contributed by atoms with Crippen LogP contribution in [-0.2, 0) is 17.7 Å². The first-order valence-corrected chi connectivity index (χ1v) is 8.50. The van der Waals surface area contributed by atoms with E-state index in [2.05, 4.69) is 0 Å². The third kappa shape index (κ3) is 2.84. The van der Waals surface area contributed by atoms with Crippen LogP contribution in [0.2, 0.25) is 0 Å². The first kappa shape index (κ1) is 16.7. The van der Waals surface area contributed by atoms with Crippen molar-refractivity contribution in [1.29, 1.82) is 0 Å². The number of fused-ring (bicyclic) bond motifs is 3. The van der Waals surface area contributed by atoms with Gasteiger partial charge in [-0.05, 0) is 24.1 Å². The molecule has 0 radical (unpaired) electrons. The van der Waals surface area contributed by atoms with Crippen molar-refractivity contribution < 1.29 is 24.1 Å². The molecule has 1 unspecified atom stereocenters. The number of nitrogens with zero attached hydrogens (tertiary/aromatic N) is 1. The van der Waals surface area contributed by atoms with Gasteiger partial charge in [-0.3, -0.25) is 4.79 Å². The summed E-state index contributed by atoms with van der Waals surface area (Å²) < 4.78 is 18.7. The minimum absolute atomic E-state index is 0.0126. The highest BCUT2D eigenvalue weighted by Crippen LogP contribution is 2.39. The lowest BCUT2D eigenvalue weighted by atomic mass is 9.96. The Bertz CT molecular complexity index is 926. The molecule has 0 spiro atoms. The monoisotopic (exact) mass is 357 g/mol. The van der Waals surface area contributed by atoms with E-state index >= 15 is 0 Å². The molecule has 1 fully saturated rings. The normalized spacial score (nSPS) is 18.1. The average Bonchev–Trinajstić information content (AvgIpc) is 3.13. The van der Waals surface area contributed by atoms with Crippen LogP contribution in [0, 0.1) is 0 Å². The molecule has 1 aromatic heterocycles. The van der Waals surface area contributed by atoms with Crippen molar-refractivity contribution >= 4 is 5.97 Å². The van der Waals surface area contributed by atoms with Gasteiger partial charge >= 0.3 is 5.97 Å². The van der Waals surface area contributed by atoms with E-state index < -0.39 is 11.4 Å². The van der Waals surface area contributed by atoms with Crippen molar-refractivity contribution in [3.05, 3.63) is 45.7 Å². The fraction of sp³-hybridized carbons (Fsp3) is 0.368. The fourth-order valence-electron chi connectivity index (χ4n) is 3.48. The van der Waals surface area contributed by atoms with E-state index in [0.29, 0.717) is 43.4 Å². The van der Waals surface area contributed by atoms with Crippen LogP contribution in [0.25, 0.3) is 11.3 Å². The predicted molar refractivity (Wildman–Crippen MR) is 93.2 cm³/mol. The van der Waals surface area contributed by atoms with Crippen LogP contribution in [0.1, 0.15) is 22.3 Å². The van der Waals surface area contributed by atoms with Crippen LogP contribution in [-0.4, -0.2) is 42.1 Å². The van der Waals surface area contributed by atoms with Crippen molar-refractivity contribution in [3.63, 3.8) is 0 Å². The average molecular weight is 357 g/mol. The SMILES string of the molecule is COc1cc2c(cc1OC1CCOC1)CCn1cc(C(=O)O)c(=O)cc1-2. The molecule has 7 nitrogen and oxygen atoms in total. The first-order chi connectivity index (χ1) is 12.6. The van der Waals surface area contributed by atoms with Crippen molar-refractivity contribution in [1.82, 2.24) is 4.57 Å². The molecule has 0 amide bonds. The van der Waals surface area contributed by atoms with Gasteiger partial charge in [0.2, 0.25) is 0 Å². The number of methoxy groups -OCH3 is 1. The quantitative estimate of drug-likeness (QED) is 0.900. The van der Waals surface area contributed by atoms with Crippen LogP contribution < -0.4 is 14.9 Å². The summed E-state index contributed by atoms with van der Waals surface area (Å²) in [7, 11) is 1.57. The summed E-state index contributed by atoms with van der Waals surface area (Å²) in [5.41, 5.74) is 1.87. The van der Waals surface area contributed by atoms with Gasteiger partial charge in [-0.15, -0.1) is 0 Å². The summed E-state index contributed by atoms with van der Waals surface area (Å²) in [5.74, 6) is 0.0368. The maximum Gasteiger partial charge on any atom is 0.341 e. The molecule has 136 valence electrons. The summed E-state index contributed by atoms with van der Waals surface area (Å²) in [4.78, 5) is 23.3. The van der Waals surface area contributed by atoms with Crippen molar-refractivity contribution in [2.24, 2.45) is 0 Å². The molecule has 3 heterocycles. The molecule has 26 heavy (non-hydrogen) atoms. The zero-order valence-corrected chi connectivity index (χ0v) is 14.4. The van der Waals surface area contributed by atoms with Crippen LogP contribution in [0.15, 0.2) is 29.2 Å². The number of hydrogen-bond acceptors (Lipinski definition) is 5. The van der Waals surface area contributed by atoms with E-state index in [-0.39, 0.29) is 11.7 Å². The van der Waals surface area contributed by atoms with Crippen molar-refractivity contribution in [3.8, 4) is 22.8 Å². The second-order valence-corrected chi connectivity index (χ2v) is 6.45. The molecule has 2 aliphatic rings. The Kier molecular flexibility index (Phi) is 4.16. The number of carboxylic acids is 1. The number of pyridine rings is 1. The summed E-state index contributed by atoms with van der Waals surface area (Å²) in [5, 5.41) is 9.16. The minimum atomic E-state index is -1.21. The number of aryl methyl sites for hydroxylation is 2. The summed E-state index contributed by atoms with van der Waals surface area (Å²) in [6.07, 6.45) is 2.98. The zero-order chi connectivity index (χ0) is 18.3. The summed E-state index contributed by atoms with van der Waals surface area (Å²) in [6, 6.07) is 5.18. The van der Waals surface area contributed by atoms with Crippen molar-refractivity contribution in [2.45, 2.75) is 25.5 Å². The van der Waals surface area contributed by atoms with Gasteiger partial charge in [0.15, 0.2) is 16.9 Å². The van der Waals surface area contributed by atoms with E-state index in [1.54, 1.807) is 11.7 Å². The Morgan fingerprint density at radius 1 is 1.31 bits per heavy atom. The highest BCUT2D eigenvalue weighted by Gasteiger charge is 2.24. The highest BCUT2D eigenvalue weighted by molar-refractivity contribution is 5.87. The molecule has 1 saturated heterocycles. The molecule has 7 heteroatoms. The largest absolute Gasteiger partial charge is 0.493 e. The van der Waals surface area contributed by atoms with Gasteiger partial charge in [-0.25, -0.2) is 4.79 Å². The Hall–Kier alpha value is -2.80. The number of aromatic carboxylic acids is 1. The lowest BCUT2D eigenvalue weighted by Crippen LogP contribution is -2.22. The maximum atomic E-state index is 12.1. The summed E-state index contributed by atoms with van der Waals surface area (Å²) >= 11 is 0. The molecular formula is C19H19NO6. The zero-order valence-electron chi connectivity index (χ0n) is 14.4. The molecule has 0 aliphatic carbocycles. The molecule has 1 atom stereocenters. The second kappa shape index (κ2) is 6.49. The number of ether oxygens (including phenoxy) is 3. The molecular weight excluding hydrogens is 338 g/mol. The number of rotatable bonds is 4. The standard InChI is InChI=1S/C19H19NO6/c1-24-17-7-13-11(6-18(17)26-12-3-5-25-10-12)2-4-20-9-14(19(22)23)16(21)8-15(13)20/h6-9,12H,2-5,10H2,1H3,(H,22,23). The van der Waals surface area contributed by atoms with E-state index in [1.807, 2.05) is 12.1 Å². The molecule has 2 aliphatic heterocycles. The molecule has 1 N–H and O–H groups in total. The van der Waals surface area contributed by atoms with Gasteiger partial charge in [0, 0.05) is 30.8 Å². The number of carboxylic acid groups (broad SMARTS) is 1. The van der Waals surface area contributed by atoms with Gasteiger partial charge in [0.1, 0.15) is 11.7 Å². The van der Waals surface area contributed by atoms with E-state index in [4.69, 9.17) is 19.3 Å². The molecule has 1 aromatic carbocycles. The number of aromatic nitrogens is 1. The molecule has 4 rings (SSSR count). The number of carbonyl (C=O) groups is 1. The first-order valence-electron chi connectivity index (χ1n) is 8.50. The van der Waals surface area contributed by atoms with Crippen molar-refractivity contribution in [2.75, 3.05) is 20.3 Å². The van der Waals surface area contributed by atoms with Crippen LogP contribution in [0.4, 0.5) is 0 Å². The Morgan fingerprint density at radius 2 is 2.15 bits per heavy atom. The van der Waals surface area contributed by atoms with Gasteiger partial charge in [0.05, 0.1) is 26.0 Å². The van der Waals surface area contributed by atoms with E-state index in [9.17, 15) is 9.59 Å². The summed E-state index contributed by atoms with van der Waals surface area (Å²) in [6.45, 7) is 1.86. The Balaban J connectivity index is 1.78. The smallest absolute Gasteiger partial charge is 0.341 e. The predicted octanol–water partition coefficient (Wildman–Crippen LogP) is 1.95. The maximum absolute atomic E-state index is 12.1. The van der Waals surface area contributed by atoms with Crippen LogP contribution in [0.3, 0.4) is 0 Å². The van der Waals surface area contributed by atoms with E-state index in [1.165, 1.54) is 12.3 Å². The second-order valence-electron chi connectivity index (χ2n) is 6.45. The molecule has 0 saturated carbocycles. The van der Waals surface area contributed by atoms with Gasteiger partial charge in [0.25, 0.3) is 0 Å². The van der Waals surface area contributed by atoms with Crippen LogP contribution >= 0.6 is 0 Å². The Morgan fingerprint density at radius 3 is 2.85 bits per heavy atom. The third-order valence-electron chi connectivity index (χ3n) is 4.83. The lowest BCUT2D eigenvalue weighted by molar-refractivity contribution is 0.0694. The van der Waals surface area contributed by atoms with Gasteiger partial charge in [-0.1, -0.05) is 0 Å². The Labute approximate surface area is 149 Å². The lowest BCUT2D eigenvalue weighted by Gasteiger charge is -2.25. The van der Waals surface area contributed by atoms with Crippen LogP contribution in [0.5, 0.6) is 11.5 Å². The molecule has 2 aromatic rings. The fourth-order valence-corrected chi connectivity index (χ4v) is 3.48. The highest BCUT2D eigenvalue weighted by atomic mass is 16.6. The number of hydrogen-bond donors (Lipinski definition) is 1. The van der Waals surface area contributed by atoms with Gasteiger partial charge < -0.3 is 23.9 Å². The van der Waals surface area contributed by atoms with E-state index in [0.717, 1.165) is 17.5 Å². The third-order valence-corrected chi connectivity index (χ3v) is 4.83. The number of benzene rings is 1. The minimum Gasteiger partial charge on any atom is -0.493 e. The van der Waals surface area contributed by atoms with Gasteiger partial charge in [-0.2, -0.15) is 0 Å². The molecule has 0 bridgehead atoms.